The number of rotatable bonds is 20. The van der Waals surface area contributed by atoms with Crippen LogP contribution in [0.2, 0.25) is 0 Å². The van der Waals surface area contributed by atoms with Crippen LogP contribution in [0.1, 0.15) is 143 Å². The minimum absolute atomic E-state index is 0.0114. The van der Waals surface area contributed by atoms with E-state index in [1.165, 1.54) is 111 Å². The minimum atomic E-state index is -0.985. The molecule has 11 aliphatic rings. The summed E-state index contributed by atoms with van der Waals surface area (Å²) in [7, 11) is 0. The molecule has 0 bridgehead atoms. The molecule has 21 rings (SSSR count). The summed E-state index contributed by atoms with van der Waals surface area (Å²) in [6, 6.07) is 68.7. The molecule has 0 aromatic heterocycles. The van der Waals surface area contributed by atoms with Gasteiger partial charge >= 0.3 is 29.8 Å². The average Bonchev–Trinajstić information content (AvgIpc) is 1.40. The van der Waals surface area contributed by atoms with E-state index in [0.29, 0.717) is 32.1 Å². The molecule has 456 valence electrons. The molecule has 0 saturated carbocycles. The van der Waals surface area contributed by atoms with Crippen LogP contribution in [0.15, 0.2) is 204 Å². The van der Waals surface area contributed by atoms with Crippen molar-refractivity contribution in [2.24, 2.45) is 5.92 Å². The van der Waals surface area contributed by atoms with Crippen LogP contribution in [-0.4, -0.2) is 55.4 Å². The van der Waals surface area contributed by atoms with E-state index in [-0.39, 0.29) is 32.1 Å². The van der Waals surface area contributed by atoms with Crippen LogP contribution in [0.25, 0.3) is 55.6 Å². The maximum Gasteiger partial charge on any atom is 0.303 e. The molecular formula is C85H56O10. The smallest absolute Gasteiger partial charge is 0.303 e. The number of carbonyl (C=O) groups is 5. The zero-order chi connectivity index (χ0) is 63.9. The first-order valence-electron chi connectivity index (χ1n) is 33.2. The summed E-state index contributed by atoms with van der Waals surface area (Å²) in [5.41, 5.74) is 34.7. The Hall–Kier alpha value is -11.0. The zero-order valence-corrected chi connectivity index (χ0v) is 51.2. The van der Waals surface area contributed by atoms with Gasteiger partial charge in [0.2, 0.25) is 0 Å². The highest BCUT2D eigenvalue weighted by Crippen LogP contribution is 2.90. The molecule has 0 radical (unpaired) electrons. The molecule has 0 saturated heterocycles. The third-order valence-corrected chi connectivity index (χ3v) is 24.7. The lowest BCUT2D eigenvalue weighted by Crippen LogP contribution is -2.57. The van der Waals surface area contributed by atoms with Crippen LogP contribution in [0.4, 0.5) is 0 Å². The average molecular weight is 1240 g/mol. The highest BCUT2D eigenvalue weighted by atomic mass is 16.4. The Labute approximate surface area is 544 Å². The van der Waals surface area contributed by atoms with E-state index in [1.807, 2.05) is 0 Å². The molecule has 95 heavy (non-hydrogen) atoms. The van der Waals surface area contributed by atoms with Gasteiger partial charge in [-0.25, -0.2) is 0 Å². The molecule has 0 aliphatic heterocycles. The first kappa shape index (κ1) is 53.5. The van der Waals surface area contributed by atoms with Gasteiger partial charge in [0, 0.05) is 38.0 Å². The second kappa shape index (κ2) is 17.4. The van der Waals surface area contributed by atoms with Gasteiger partial charge in [0.25, 0.3) is 0 Å². The molecule has 10 aromatic rings. The van der Waals surface area contributed by atoms with E-state index in [2.05, 4.69) is 182 Å². The third kappa shape index (κ3) is 5.71. The third-order valence-electron chi connectivity index (χ3n) is 24.7. The molecule has 10 nitrogen and oxygen atoms in total. The van der Waals surface area contributed by atoms with Crippen molar-refractivity contribution in [2.75, 3.05) is 0 Å². The molecule has 10 aromatic carbocycles. The Morgan fingerprint density at radius 2 is 0.432 bits per heavy atom. The Balaban J connectivity index is 1.02. The SMILES string of the molecule is O=C(O)CCc1ccc(C23c4c5ccc6c4[C@@]4(c7ccc(CCC(=O)O)cc7)C7=C8C9=C(C72)[C@@]2(c7ccc(CCC(=O)O)cc7)c7c(ccc-5c73)-c3ccc5c(c32)[C@@]9(c2ccc(CCC(=O)O)cc2)c2c-5ccc3c2[C@@]8(c2ccc(CCC(=O)O)cc2)c2c-3ccc-6c24)cc1. The van der Waals surface area contributed by atoms with E-state index in [9.17, 15) is 49.5 Å². The Kier molecular flexibility index (Phi) is 9.82. The Morgan fingerprint density at radius 1 is 0.242 bits per heavy atom. The van der Waals surface area contributed by atoms with Gasteiger partial charge in [0.05, 0.1) is 27.1 Å². The molecule has 0 amide bonds. The van der Waals surface area contributed by atoms with E-state index >= 15 is 0 Å². The summed E-state index contributed by atoms with van der Waals surface area (Å²) < 4.78 is 0. The number of carboxylic acids is 5. The predicted molar refractivity (Wildman–Crippen MR) is 356 cm³/mol. The van der Waals surface area contributed by atoms with Crippen LogP contribution in [0, 0.1) is 5.92 Å². The first-order chi connectivity index (χ1) is 46.2. The van der Waals surface area contributed by atoms with Crippen molar-refractivity contribution < 1.29 is 49.5 Å². The molecule has 2 unspecified atom stereocenters. The minimum Gasteiger partial charge on any atom is -0.481 e. The van der Waals surface area contributed by atoms with Crippen molar-refractivity contribution >= 4 is 29.8 Å². The lowest BCUT2D eigenvalue weighted by atomic mass is 9.40. The molecule has 0 fully saturated rings. The molecule has 0 heterocycles. The second-order valence-corrected chi connectivity index (χ2v) is 28.3. The van der Waals surface area contributed by atoms with E-state index in [0.717, 1.165) is 77.9 Å². The summed E-state index contributed by atoms with van der Waals surface area (Å²) in [6.45, 7) is 0. The van der Waals surface area contributed by atoms with Gasteiger partial charge in [-0.15, -0.1) is 0 Å². The van der Waals surface area contributed by atoms with Crippen molar-refractivity contribution in [2.45, 2.75) is 91.3 Å². The normalized spacial score (nSPS) is 23.4. The molecule has 6 atom stereocenters. The maximum absolute atomic E-state index is 12.3. The van der Waals surface area contributed by atoms with Crippen LogP contribution >= 0.6 is 0 Å². The molecule has 11 aliphatic carbocycles. The van der Waals surface area contributed by atoms with E-state index in [1.54, 1.807) is 0 Å². The second-order valence-electron chi connectivity index (χ2n) is 28.3. The van der Waals surface area contributed by atoms with Gasteiger partial charge in [-0.2, -0.15) is 0 Å². The Bertz CT molecular complexity index is 5200. The van der Waals surface area contributed by atoms with E-state index in [4.69, 9.17) is 0 Å². The maximum atomic E-state index is 12.3. The number of benzene rings is 10. The van der Waals surface area contributed by atoms with Crippen LogP contribution in [-0.2, 0) is 83.2 Å². The number of carboxylic acid groups (broad SMARTS) is 5. The lowest BCUT2D eigenvalue weighted by Gasteiger charge is -2.60. The number of allylic oxidation sites excluding steroid dienone is 4. The topological polar surface area (TPSA) is 186 Å². The number of aliphatic carboxylic acids is 5. The number of hydrogen-bond donors (Lipinski definition) is 5. The van der Waals surface area contributed by atoms with Gasteiger partial charge in [0.15, 0.2) is 0 Å². The molecule has 10 heteroatoms. The Morgan fingerprint density at radius 3 is 0.663 bits per heavy atom. The summed E-state index contributed by atoms with van der Waals surface area (Å²) in [5, 5.41) is 50.5. The summed E-state index contributed by atoms with van der Waals surface area (Å²) in [4.78, 5) is 61.6. The van der Waals surface area contributed by atoms with Gasteiger partial charge < -0.3 is 25.5 Å². The highest BCUT2D eigenvalue weighted by Gasteiger charge is 2.82. The number of hydrogen-bond acceptors (Lipinski definition) is 5. The quantitative estimate of drug-likeness (QED) is 0.0492. The zero-order valence-electron chi connectivity index (χ0n) is 51.2. The molecule has 5 N–H and O–H groups in total. The van der Waals surface area contributed by atoms with Crippen LogP contribution in [0.3, 0.4) is 0 Å². The highest BCUT2D eigenvalue weighted by molar-refractivity contribution is 6.14. The summed E-state index contributed by atoms with van der Waals surface area (Å²) in [5.74, 6) is -4.71. The van der Waals surface area contributed by atoms with Crippen molar-refractivity contribution in [3.63, 3.8) is 0 Å². The fraction of sp³-hybridized carbons (Fsp3) is 0.188. The van der Waals surface area contributed by atoms with Crippen molar-refractivity contribution in [3.05, 3.63) is 316 Å². The predicted octanol–water partition coefficient (Wildman–Crippen LogP) is 14.9. The molecule has 0 spiro atoms. The standard InChI is InChI=1S/C85H56O10/c86-61(87)36-11-41-1-16-46(17-2-41)81-66-51-26-28-53-55-30-32-57-59-34-35-60-58-33-31-56-54-29-27-52(51)67(81)69(54)83(48-20-5-43(6-21-48)13-38-63(90)91)71(56)73(58)85(50-24-9-45(10-25-50)15-40-65(94)95)75(60)74(59)84(49-22-7-44(8-23-49)14-39-64(92)93)72(57)70(55)82(68(53)66,77-76(81)78(83)80(85)79(77)84)47-18-3-42(4-19-47)12-37-62(88)89/h1-10,16-35,76H,11-15,36-40H2,(H,86,87)(H,88,89)(H,90,91)(H,92,93)(H,94,95)/t76?,81?,82-,83+,84-,85+. The fourth-order valence-electron chi connectivity index (χ4n) is 22.0. The van der Waals surface area contributed by atoms with Crippen molar-refractivity contribution in [3.8, 4) is 55.6 Å². The first-order valence-corrected chi connectivity index (χ1v) is 33.2. The van der Waals surface area contributed by atoms with E-state index < -0.39 is 62.8 Å². The van der Waals surface area contributed by atoms with Gasteiger partial charge in [-0.1, -0.05) is 182 Å². The van der Waals surface area contributed by atoms with Gasteiger partial charge in [0.1, 0.15) is 0 Å². The number of aryl methyl sites for hydroxylation is 5. The monoisotopic (exact) mass is 1240 g/mol. The van der Waals surface area contributed by atoms with Crippen LogP contribution < -0.4 is 0 Å². The fourth-order valence-corrected chi connectivity index (χ4v) is 22.0. The summed E-state index contributed by atoms with van der Waals surface area (Å²) >= 11 is 0. The summed E-state index contributed by atoms with van der Waals surface area (Å²) in [6.07, 6.45) is 1.76. The van der Waals surface area contributed by atoms with Crippen molar-refractivity contribution in [1.29, 1.82) is 0 Å². The van der Waals surface area contributed by atoms with Crippen molar-refractivity contribution in [1.82, 2.24) is 0 Å². The van der Waals surface area contributed by atoms with Crippen LogP contribution in [0.5, 0.6) is 0 Å². The van der Waals surface area contributed by atoms with Gasteiger partial charge in [-0.05, 0) is 221 Å². The van der Waals surface area contributed by atoms with Gasteiger partial charge in [-0.3, -0.25) is 24.0 Å². The lowest BCUT2D eigenvalue weighted by molar-refractivity contribution is -0.138. The molecular weight excluding hydrogens is 1180 g/mol. The largest absolute Gasteiger partial charge is 0.481 e. The number of fused-ring (bicyclic) bond motifs is 5.